The van der Waals surface area contributed by atoms with Crippen LogP contribution in [0.25, 0.3) is 0 Å². The minimum absolute atomic E-state index is 0.119. The summed E-state index contributed by atoms with van der Waals surface area (Å²) >= 11 is 1.28. The highest BCUT2D eigenvalue weighted by molar-refractivity contribution is 7.90. The zero-order chi connectivity index (χ0) is 13.1. The lowest BCUT2D eigenvalue weighted by molar-refractivity contribution is 0.526. The van der Waals surface area contributed by atoms with Crippen molar-refractivity contribution in [2.75, 3.05) is 25.4 Å². The first-order valence-electron chi connectivity index (χ1n) is 5.26. The quantitative estimate of drug-likeness (QED) is 0.815. The lowest BCUT2D eigenvalue weighted by Gasteiger charge is -2.11. The zero-order valence-electron chi connectivity index (χ0n) is 10.4. The Morgan fingerprint density at radius 1 is 1.53 bits per heavy atom. The topological polar surface area (TPSA) is 74.3 Å². The van der Waals surface area contributed by atoms with E-state index in [1.165, 1.54) is 25.4 Å². The summed E-state index contributed by atoms with van der Waals surface area (Å²) in [7, 11) is -0.524. The molecule has 0 aliphatic carbocycles. The van der Waals surface area contributed by atoms with E-state index in [1.54, 1.807) is 0 Å². The monoisotopic (exact) mass is 278 g/mol. The minimum atomic E-state index is -3.47. The number of hydrogen-bond donors (Lipinski definition) is 2. The molecular formula is C9H18N4O2S2. The largest absolute Gasteiger partial charge is 0.309 e. The normalized spacial score (nSPS) is 13.9. The Morgan fingerprint density at radius 2 is 2.18 bits per heavy atom. The molecule has 98 valence electrons. The van der Waals surface area contributed by atoms with Crippen molar-refractivity contribution in [3.63, 3.8) is 0 Å². The van der Waals surface area contributed by atoms with Gasteiger partial charge in [-0.2, -0.15) is 12.7 Å². The Morgan fingerprint density at radius 3 is 2.71 bits per heavy atom. The maximum absolute atomic E-state index is 11.6. The first-order valence-corrected chi connectivity index (χ1v) is 7.58. The van der Waals surface area contributed by atoms with Gasteiger partial charge in [0.05, 0.1) is 5.69 Å². The van der Waals surface area contributed by atoms with Crippen molar-refractivity contribution < 1.29 is 8.42 Å². The van der Waals surface area contributed by atoms with Crippen molar-refractivity contribution in [3.8, 4) is 0 Å². The van der Waals surface area contributed by atoms with E-state index < -0.39 is 10.2 Å². The number of rotatable bonds is 6. The van der Waals surface area contributed by atoms with Crippen LogP contribution in [0.5, 0.6) is 0 Å². The van der Waals surface area contributed by atoms with Gasteiger partial charge >= 0.3 is 10.2 Å². The summed E-state index contributed by atoms with van der Waals surface area (Å²) in [6.07, 6.45) is 0. The van der Waals surface area contributed by atoms with Crippen LogP contribution < -0.4 is 10.0 Å². The summed E-state index contributed by atoms with van der Waals surface area (Å²) in [5.74, 6) is 0. The molecule has 1 aromatic rings. The summed E-state index contributed by atoms with van der Waals surface area (Å²) in [6, 6.07) is 0.119. The molecule has 0 saturated heterocycles. The number of aromatic nitrogens is 1. The van der Waals surface area contributed by atoms with Gasteiger partial charge < -0.3 is 5.32 Å². The molecule has 0 spiro atoms. The van der Waals surface area contributed by atoms with E-state index in [-0.39, 0.29) is 6.04 Å². The van der Waals surface area contributed by atoms with Crippen LogP contribution in [0.2, 0.25) is 0 Å². The number of nitrogens with one attached hydrogen (secondary N) is 2. The van der Waals surface area contributed by atoms with E-state index >= 15 is 0 Å². The minimum Gasteiger partial charge on any atom is -0.309 e. The van der Waals surface area contributed by atoms with Crippen LogP contribution in [0.4, 0.5) is 5.13 Å². The van der Waals surface area contributed by atoms with Crippen molar-refractivity contribution in [1.29, 1.82) is 0 Å². The Hall–Kier alpha value is -0.700. The molecule has 0 aliphatic rings. The fraction of sp³-hybridized carbons (Fsp3) is 0.667. The van der Waals surface area contributed by atoms with Crippen molar-refractivity contribution in [1.82, 2.24) is 14.6 Å². The van der Waals surface area contributed by atoms with Gasteiger partial charge in [0, 0.05) is 25.5 Å². The van der Waals surface area contributed by atoms with E-state index in [9.17, 15) is 8.42 Å². The van der Waals surface area contributed by atoms with Gasteiger partial charge in [-0.3, -0.25) is 0 Å². The fourth-order valence-electron chi connectivity index (χ4n) is 1.14. The molecule has 1 unspecified atom stereocenters. The Balaban J connectivity index is 2.76. The molecule has 0 aliphatic heterocycles. The van der Waals surface area contributed by atoms with Crippen LogP contribution in [0.15, 0.2) is 5.38 Å². The average Bonchev–Trinajstić information content (AvgIpc) is 2.65. The molecule has 0 saturated carbocycles. The number of nitrogens with zero attached hydrogens (tertiary/aromatic N) is 2. The average molecular weight is 278 g/mol. The summed E-state index contributed by atoms with van der Waals surface area (Å²) in [4.78, 5) is 4.24. The van der Waals surface area contributed by atoms with E-state index in [4.69, 9.17) is 0 Å². The second-order valence-corrected chi connectivity index (χ2v) is 6.49. The van der Waals surface area contributed by atoms with Gasteiger partial charge in [-0.1, -0.05) is 6.92 Å². The fourth-order valence-corrected chi connectivity index (χ4v) is 2.75. The van der Waals surface area contributed by atoms with Gasteiger partial charge in [0.15, 0.2) is 5.13 Å². The van der Waals surface area contributed by atoms with E-state index in [2.05, 4.69) is 15.0 Å². The van der Waals surface area contributed by atoms with E-state index in [0.29, 0.717) is 5.13 Å². The highest BCUT2D eigenvalue weighted by Crippen LogP contribution is 2.21. The van der Waals surface area contributed by atoms with Crippen molar-refractivity contribution in [2.45, 2.75) is 19.9 Å². The molecule has 1 atom stereocenters. The zero-order valence-corrected chi connectivity index (χ0v) is 12.0. The van der Waals surface area contributed by atoms with Crippen LogP contribution in [-0.2, 0) is 10.2 Å². The van der Waals surface area contributed by atoms with Crippen LogP contribution in [0.1, 0.15) is 25.6 Å². The molecule has 0 bridgehead atoms. The van der Waals surface area contributed by atoms with Gasteiger partial charge in [0.1, 0.15) is 0 Å². The van der Waals surface area contributed by atoms with Crippen molar-refractivity contribution >= 4 is 26.7 Å². The molecule has 0 amide bonds. The van der Waals surface area contributed by atoms with Crippen LogP contribution in [0, 0.1) is 0 Å². The van der Waals surface area contributed by atoms with Gasteiger partial charge in [-0.05, 0) is 13.5 Å². The van der Waals surface area contributed by atoms with Crippen LogP contribution >= 0.6 is 11.3 Å². The first-order chi connectivity index (χ1) is 7.86. The van der Waals surface area contributed by atoms with Gasteiger partial charge in [-0.25, -0.2) is 9.71 Å². The molecule has 0 radical (unpaired) electrons. The maximum Gasteiger partial charge on any atom is 0.302 e. The number of anilines is 1. The first kappa shape index (κ1) is 14.4. The molecule has 1 rings (SSSR count). The molecule has 8 heteroatoms. The molecule has 1 heterocycles. The third-order valence-electron chi connectivity index (χ3n) is 2.17. The van der Waals surface area contributed by atoms with Crippen molar-refractivity contribution in [3.05, 3.63) is 11.1 Å². The molecule has 17 heavy (non-hydrogen) atoms. The maximum atomic E-state index is 11.6. The molecule has 1 aromatic heterocycles. The van der Waals surface area contributed by atoms with Gasteiger partial charge in [-0.15, -0.1) is 11.3 Å². The van der Waals surface area contributed by atoms with E-state index in [1.807, 2.05) is 19.2 Å². The predicted molar refractivity (Wildman–Crippen MR) is 70.4 cm³/mol. The molecule has 6 nitrogen and oxygen atoms in total. The summed E-state index contributed by atoms with van der Waals surface area (Å²) < 4.78 is 26.7. The number of hydrogen-bond acceptors (Lipinski definition) is 5. The summed E-state index contributed by atoms with van der Waals surface area (Å²) in [5, 5.41) is 5.45. The molecule has 0 fully saturated rings. The molecular weight excluding hydrogens is 260 g/mol. The van der Waals surface area contributed by atoms with E-state index in [0.717, 1.165) is 16.5 Å². The molecule has 2 N–H and O–H groups in total. The standard InChI is InChI=1S/C9H18N4O2S2/c1-5-10-7(2)8-6-16-9(11-8)12-17(14,15)13(3)4/h6-7,10H,5H2,1-4H3,(H,11,12). The predicted octanol–water partition coefficient (Wildman–Crippen LogP) is 1.03. The second-order valence-electron chi connectivity index (χ2n) is 3.75. The van der Waals surface area contributed by atoms with Crippen LogP contribution in [-0.4, -0.2) is 38.3 Å². The third-order valence-corrected chi connectivity index (χ3v) is 4.49. The van der Waals surface area contributed by atoms with Crippen LogP contribution in [0.3, 0.4) is 0 Å². The lowest BCUT2D eigenvalue weighted by atomic mass is 10.3. The van der Waals surface area contributed by atoms with Gasteiger partial charge in [0.2, 0.25) is 0 Å². The highest BCUT2D eigenvalue weighted by Gasteiger charge is 2.16. The Kier molecular flexibility index (Phi) is 4.87. The van der Waals surface area contributed by atoms with Crippen molar-refractivity contribution in [2.24, 2.45) is 0 Å². The Bertz CT molecular complexity index is 455. The highest BCUT2D eigenvalue weighted by atomic mass is 32.2. The Labute approximate surface area is 106 Å². The lowest BCUT2D eigenvalue weighted by Crippen LogP contribution is -2.28. The smallest absolute Gasteiger partial charge is 0.302 e. The molecule has 0 aromatic carbocycles. The second kappa shape index (κ2) is 5.76. The SMILES string of the molecule is CCNC(C)c1csc(NS(=O)(=O)N(C)C)n1. The third kappa shape index (κ3) is 3.91. The van der Waals surface area contributed by atoms with Gasteiger partial charge in [0.25, 0.3) is 0 Å². The summed E-state index contributed by atoms with van der Waals surface area (Å²) in [5.41, 5.74) is 0.841. The summed E-state index contributed by atoms with van der Waals surface area (Å²) in [6.45, 7) is 4.85. The number of thiazole rings is 1.